The van der Waals surface area contributed by atoms with Gasteiger partial charge in [0.1, 0.15) is 5.82 Å². The van der Waals surface area contributed by atoms with Crippen LogP contribution in [0.4, 0.5) is 10.1 Å². The number of benzene rings is 2. The van der Waals surface area contributed by atoms with E-state index in [2.05, 4.69) is 19.2 Å². The first-order valence-electron chi connectivity index (χ1n) is 6.31. The van der Waals surface area contributed by atoms with Gasteiger partial charge in [0.05, 0.1) is 6.10 Å². The second-order valence-electron chi connectivity index (χ2n) is 4.75. The Labute approximate surface area is 112 Å². The molecule has 0 aliphatic carbocycles. The molecule has 0 saturated carbocycles. The summed E-state index contributed by atoms with van der Waals surface area (Å²) in [5.41, 5.74) is 4.13. The predicted octanol–water partition coefficient (Wildman–Crippen LogP) is 3.59. The van der Waals surface area contributed by atoms with Crippen LogP contribution in [0.5, 0.6) is 0 Å². The second-order valence-corrected chi connectivity index (χ2v) is 4.75. The molecular weight excluding hydrogens is 241 g/mol. The standard InChI is InChI=1S/C16H18FNO/c1-11-3-8-15(9-12(11)2)18-10-16(19)13-4-6-14(17)7-5-13/h3-9,16,18-19H,10H2,1-2H3. The molecular formula is C16H18FNO. The van der Waals surface area contributed by atoms with Crippen molar-refractivity contribution in [3.8, 4) is 0 Å². The third-order valence-corrected chi connectivity index (χ3v) is 3.26. The minimum absolute atomic E-state index is 0.293. The molecule has 2 aromatic carbocycles. The molecule has 0 amide bonds. The normalized spacial score (nSPS) is 12.2. The Hall–Kier alpha value is -1.87. The number of hydrogen-bond acceptors (Lipinski definition) is 2. The van der Waals surface area contributed by atoms with Crippen LogP contribution in [-0.4, -0.2) is 11.7 Å². The lowest BCUT2D eigenvalue weighted by atomic mass is 10.1. The fourth-order valence-electron chi connectivity index (χ4n) is 1.87. The van der Waals surface area contributed by atoms with Gasteiger partial charge < -0.3 is 10.4 Å². The van der Waals surface area contributed by atoms with Gasteiger partial charge in [-0.15, -0.1) is 0 Å². The molecule has 1 unspecified atom stereocenters. The zero-order valence-electron chi connectivity index (χ0n) is 11.2. The summed E-state index contributed by atoms with van der Waals surface area (Å²) in [6.07, 6.45) is -0.651. The van der Waals surface area contributed by atoms with E-state index in [1.807, 2.05) is 18.2 Å². The molecule has 2 rings (SSSR count). The summed E-state index contributed by atoms with van der Waals surface area (Å²) in [5, 5.41) is 13.2. The Morgan fingerprint density at radius 3 is 2.37 bits per heavy atom. The molecule has 2 nitrogen and oxygen atoms in total. The van der Waals surface area contributed by atoms with Crippen molar-refractivity contribution in [3.63, 3.8) is 0 Å². The summed E-state index contributed by atoms with van der Waals surface area (Å²) >= 11 is 0. The summed E-state index contributed by atoms with van der Waals surface area (Å²) in [6, 6.07) is 12.0. The number of hydrogen-bond donors (Lipinski definition) is 2. The molecule has 0 spiro atoms. The Balaban J connectivity index is 1.98. The largest absolute Gasteiger partial charge is 0.387 e. The van der Waals surface area contributed by atoms with Gasteiger partial charge >= 0.3 is 0 Å². The van der Waals surface area contributed by atoms with Crippen LogP contribution >= 0.6 is 0 Å². The van der Waals surface area contributed by atoms with Gasteiger partial charge in [-0.05, 0) is 54.8 Å². The molecule has 0 heterocycles. The zero-order valence-corrected chi connectivity index (χ0v) is 11.2. The average Bonchev–Trinajstić information content (AvgIpc) is 2.40. The molecule has 2 N–H and O–H groups in total. The molecule has 0 aliphatic rings. The number of nitrogens with one attached hydrogen (secondary N) is 1. The number of anilines is 1. The Morgan fingerprint density at radius 2 is 1.74 bits per heavy atom. The van der Waals surface area contributed by atoms with Crippen LogP contribution in [0.2, 0.25) is 0 Å². The van der Waals surface area contributed by atoms with Gasteiger partial charge in [0.2, 0.25) is 0 Å². The lowest BCUT2D eigenvalue weighted by Gasteiger charge is -2.14. The summed E-state index contributed by atoms with van der Waals surface area (Å²) in [6.45, 7) is 4.51. The Morgan fingerprint density at radius 1 is 1.05 bits per heavy atom. The summed E-state index contributed by atoms with van der Waals surface area (Å²) in [7, 11) is 0. The number of aliphatic hydroxyl groups is 1. The van der Waals surface area contributed by atoms with E-state index in [0.717, 1.165) is 5.69 Å². The van der Waals surface area contributed by atoms with E-state index in [9.17, 15) is 9.50 Å². The quantitative estimate of drug-likeness (QED) is 0.879. The molecule has 0 fully saturated rings. The van der Waals surface area contributed by atoms with Gasteiger partial charge in [-0.25, -0.2) is 4.39 Å². The van der Waals surface area contributed by atoms with E-state index in [1.165, 1.54) is 23.3 Å². The average molecular weight is 259 g/mol. The first-order valence-corrected chi connectivity index (χ1v) is 6.31. The van der Waals surface area contributed by atoms with Crippen LogP contribution in [0.15, 0.2) is 42.5 Å². The van der Waals surface area contributed by atoms with Crippen LogP contribution in [-0.2, 0) is 0 Å². The fourth-order valence-corrected chi connectivity index (χ4v) is 1.87. The molecule has 100 valence electrons. The first kappa shape index (κ1) is 13.6. The highest BCUT2D eigenvalue weighted by Crippen LogP contribution is 2.17. The highest BCUT2D eigenvalue weighted by Gasteiger charge is 2.07. The third-order valence-electron chi connectivity index (χ3n) is 3.26. The molecule has 0 bridgehead atoms. The van der Waals surface area contributed by atoms with Crippen molar-refractivity contribution in [2.75, 3.05) is 11.9 Å². The summed E-state index contributed by atoms with van der Waals surface area (Å²) < 4.78 is 12.8. The highest BCUT2D eigenvalue weighted by molar-refractivity contribution is 5.48. The van der Waals surface area contributed by atoms with E-state index in [4.69, 9.17) is 0 Å². The predicted molar refractivity (Wildman–Crippen MR) is 75.8 cm³/mol. The van der Waals surface area contributed by atoms with E-state index < -0.39 is 6.10 Å². The SMILES string of the molecule is Cc1ccc(NCC(O)c2ccc(F)cc2)cc1C. The van der Waals surface area contributed by atoms with Crippen molar-refractivity contribution < 1.29 is 9.50 Å². The minimum Gasteiger partial charge on any atom is -0.387 e. The van der Waals surface area contributed by atoms with E-state index >= 15 is 0 Å². The van der Waals surface area contributed by atoms with Crippen molar-refractivity contribution in [1.82, 2.24) is 0 Å². The van der Waals surface area contributed by atoms with Gasteiger partial charge in [0.25, 0.3) is 0 Å². The number of aryl methyl sites for hydroxylation is 2. The number of aliphatic hydroxyl groups excluding tert-OH is 1. The van der Waals surface area contributed by atoms with Gasteiger partial charge in [0.15, 0.2) is 0 Å². The second kappa shape index (κ2) is 5.85. The first-order chi connectivity index (χ1) is 9.06. The van der Waals surface area contributed by atoms with Crippen LogP contribution in [0.1, 0.15) is 22.8 Å². The van der Waals surface area contributed by atoms with Gasteiger partial charge in [-0.1, -0.05) is 18.2 Å². The monoisotopic (exact) mass is 259 g/mol. The van der Waals surface area contributed by atoms with Gasteiger partial charge in [0, 0.05) is 12.2 Å². The lowest BCUT2D eigenvalue weighted by molar-refractivity contribution is 0.191. The van der Waals surface area contributed by atoms with E-state index in [1.54, 1.807) is 12.1 Å². The van der Waals surface area contributed by atoms with Crippen LogP contribution < -0.4 is 5.32 Å². The minimum atomic E-state index is -0.651. The summed E-state index contributed by atoms with van der Waals surface area (Å²) in [5.74, 6) is -0.293. The van der Waals surface area contributed by atoms with Crippen LogP contribution in [0.25, 0.3) is 0 Å². The van der Waals surface area contributed by atoms with Crippen molar-refractivity contribution in [2.45, 2.75) is 20.0 Å². The smallest absolute Gasteiger partial charge is 0.123 e. The van der Waals surface area contributed by atoms with Crippen LogP contribution in [0, 0.1) is 19.7 Å². The van der Waals surface area contributed by atoms with E-state index in [0.29, 0.717) is 12.1 Å². The van der Waals surface area contributed by atoms with Crippen molar-refractivity contribution in [3.05, 3.63) is 65.0 Å². The van der Waals surface area contributed by atoms with Crippen molar-refractivity contribution in [1.29, 1.82) is 0 Å². The molecule has 0 aliphatic heterocycles. The molecule has 3 heteroatoms. The maximum Gasteiger partial charge on any atom is 0.123 e. The molecule has 1 atom stereocenters. The van der Waals surface area contributed by atoms with Crippen molar-refractivity contribution >= 4 is 5.69 Å². The summed E-state index contributed by atoms with van der Waals surface area (Å²) in [4.78, 5) is 0. The third kappa shape index (κ3) is 3.55. The highest BCUT2D eigenvalue weighted by atomic mass is 19.1. The molecule has 2 aromatic rings. The molecule has 19 heavy (non-hydrogen) atoms. The molecule has 0 radical (unpaired) electrons. The lowest BCUT2D eigenvalue weighted by Crippen LogP contribution is -2.12. The Kier molecular flexibility index (Phi) is 4.17. The maximum atomic E-state index is 12.8. The van der Waals surface area contributed by atoms with Gasteiger partial charge in [-0.2, -0.15) is 0 Å². The fraction of sp³-hybridized carbons (Fsp3) is 0.250. The molecule has 0 saturated heterocycles. The number of rotatable bonds is 4. The zero-order chi connectivity index (χ0) is 13.8. The van der Waals surface area contributed by atoms with E-state index in [-0.39, 0.29) is 5.82 Å². The Bertz CT molecular complexity index is 551. The maximum absolute atomic E-state index is 12.8. The topological polar surface area (TPSA) is 32.3 Å². The van der Waals surface area contributed by atoms with Crippen molar-refractivity contribution in [2.24, 2.45) is 0 Å². The van der Waals surface area contributed by atoms with Crippen LogP contribution in [0.3, 0.4) is 0 Å². The molecule has 0 aromatic heterocycles. The van der Waals surface area contributed by atoms with Gasteiger partial charge in [-0.3, -0.25) is 0 Å². The number of halogens is 1.